The molecule has 2 aromatic heterocycles. The second kappa shape index (κ2) is 9.28. The summed E-state index contributed by atoms with van der Waals surface area (Å²) < 4.78 is 30.4. The second-order valence-electron chi connectivity index (χ2n) is 8.49. The summed E-state index contributed by atoms with van der Waals surface area (Å²) in [4.78, 5) is 29.2. The molecule has 1 aromatic carbocycles. The SMILES string of the molecule is Cc1ccc(NC(=O)[C@H](C)n2ncc(Cl)cc2=O)cc1S(=O)(=O)NC1(Cc2ccccn2)CC1. The number of rotatable bonds is 8. The number of aryl methyl sites for hydroxylation is 1. The minimum atomic E-state index is -3.86. The molecule has 1 fully saturated rings. The molecule has 11 heteroatoms. The number of benzene rings is 1. The third-order valence-corrected chi connectivity index (χ3v) is 7.66. The van der Waals surface area contributed by atoms with Gasteiger partial charge in [-0.05, 0) is 56.5 Å². The van der Waals surface area contributed by atoms with Gasteiger partial charge in [-0.15, -0.1) is 0 Å². The highest BCUT2D eigenvalue weighted by molar-refractivity contribution is 7.89. The van der Waals surface area contributed by atoms with Crippen molar-refractivity contribution in [3.8, 4) is 0 Å². The zero-order chi connectivity index (χ0) is 24.5. The van der Waals surface area contributed by atoms with E-state index in [1.807, 2.05) is 18.2 Å². The smallest absolute Gasteiger partial charge is 0.268 e. The Bertz CT molecular complexity index is 1390. The molecule has 1 aliphatic carbocycles. The fourth-order valence-corrected chi connectivity index (χ4v) is 5.53. The number of carbonyl (C=O) groups is 1. The molecule has 0 spiro atoms. The van der Waals surface area contributed by atoms with Gasteiger partial charge in [-0.3, -0.25) is 14.6 Å². The number of carbonyl (C=O) groups excluding carboxylic acids is 1. The number of nitrogens with zero attached hydrogens (tertiary/aromatic N) is 3. The number of hydrogen-bond donors (Lipinski definition) is 2. The van der Waals surface area contributed by atoms with Crippen LogP contribution >= 0.6 is 11.6 Å². The van der Waals surface area contributed by atoms with Crippen LogP contribution in [0.15, 0.2) is 64.5 Å². The Labute approximate surface area is 202 Å². The summed E-state index contributed by atoms with van der Waals surface area (Å²) in [6, 6.07) is 10.4. The van der Waals surface area contributed by atoms with Crippen molar-refractivity contribution >= 4 is 33.2 Å². The Hall–Kier alpha value is -3.08. The van der Waals surface area contributed by atoms with E-state index in [2.05, 4.69) is 20.1 Å². The summed E-state index contributed by atoms with van der Waals surface area (Å²) >= 11 is 5.76. The summed E-state index contributed by atoms with van der Waals surface area (Å²) in [5, 5.41) is 6.73. The van der Waals surface area contributed by atoms with E-state index in [1.54, 1.807) is 25.3 Å². The largest absolute Gasteiger partial charge is 0.324 e. The van der Waals surface area contributed by atoms with Gasteiger partial charge in [0.15, 0.2) is 0 Å². The van der Waals surface area contributed by atoms with Gasteiger partial charge in [0.1, 0.15) is 6.04 Å². The van der Waals surface area contributed by atoms with E-state index >= 15 is 0 Å². The van der Waals surface area contributed by atoms with Crippen LogP contribution in [0.5, 0.6) is 0 Å². The van der Waals surface area contributed by atoms with E-state index in [4.69, 9.17) is 11.6 Å². The fourth-order valence-electron chi connectivity index (χ4n) is 3.67. The summed E-state index contributed by atoms with van der Waals surface area (Å²) in [5.74, 6) is -0.522. The molecule has 1 saturated carbocycles. The fraction of sp³-hybridized carbons (Fsp3) is 0.304. The normalized spacial score (nSPS) is 15.5. The Morgan fingerprint density at radius 2 is 2.00 bits per heavy atom. The van der Waals surface area contributed by atoms with Gasteiger partial charge in [0.25, 0.3) is 5.56 Å². The van der Waals surface area contributed by atoms with Crippen LogP contribution in [0.25, 0.3) is 0 Å². The number of hydrogen-bond acceptors (Lipinski definition) is 6. The molecule has 1 amide bonds. The summed E-state index contributed by atoms with van der Waals surface area (Å²) in [6.07, 6.45) is 4.90. The Morgan fingerprint density at radius 1 is 1.24 bits per heavy atom. The van der Waals surface area contributed by atoms with Gasteiger partial charge in [-0.1, -0.05) is 23.7 Å². The molecule has 178 valence electrons. The Morgan fingerprint density at radius 3 is 2.65 bits per heavy atom. The molecule has 4 rings (SSSR count). The predicted molar refractivity (Wildman–Crippen MR) is 128 cm³/mol. The number of halogens is 1. The lowest BCUT2D eigenvalue weighted by Gasteiger charge is -2.19. The van der Waals surface area contributed by atoms with Crippen molar-refractivity contribution in [2.75, 3.05) is 5.32 Å². The monoisotopic (exact) mass is 501 g/mol. The van der Waals surface area contributed by atoms with E-state index in [0.29, 0.717) is 17.7 Å². The Balaban J connectivity index is 1.52. The van der Waals surface area contributed by atoms with E-state index in [-0.39, 0.29) is 9.92 Å². The van der Waals surface area contributed by atoms with E-state index < -0.39 is 33.1 Å². The van der Waals surface area contributed by atoms with Crippen molar-refractivity contribution in [1.82, 2.24) is 19.5 Å². The lowest BCUT2D eigenvalue weighted by atomic mass is 10.1. The van der Waals surface area contributed by atoms with Crippen LogP contribution in [0.2, 0.25) is 5.02 Å². The Kier molecular flexibility index (Phi) is 6.57. The van der Waals surface area contributed by atoms with Crippen LogP contribution in [-0.2, 0) is 21.2 Å². The average molecular weight is 502 g/mol. The number of aromatic nitrogens is 3. The van der Waals surface area contributed by atoms with Crippen molar-refractivity contribution in [3.05, 3.63) is 81.5 Å². The first-order valence-electron chi connectivity index (χ1n) is 10.7. The molecule has 0 unspecified atom stereocenters. The molecular weight excluding hydrogens is 478 g/mol. The molecule has 0 aliphatic heterocycles. The van der Waals surface area contributed by atoms with Gasteiger partial charge in [-0.2, -0.15) is 5.10 Å². The molecule has 1 atom stereocenters. The van der Waals surface area contributed by atoms with Crippen LogP contribution in [0.4, 0.5) is 5.69 Å². The third-order valence-electron chi connectivity index (χ3n) is 5.73. The number of pyridine rings is 1. The van der Waals surface area contributed by atoms with Crippen LogP contribution in [0, 0.1) is 6.92 Å². The lowest BCUT2D eigenvalue weighted by molar-refractivity contribution is -0.119. The standard InChI is InChI=1S/C23H24ClN5O4S/c1-15-6-7-18(27-22(31)16(2)29-21(30)11-17(24)14-26-29)12-20(15)34(32,33)28-23(8-9-23)13-19-5-3-4-10-25-19/h3-7,10-12,14,16,28H,8-9,13H2,1-2H3,(H,27,31)/t16-/m0/s1. The molecule has 9 nitrogen and oxygen atoms in total. The van der Waals surface area contributed by atoms with E-state index in [9.17, 15) is 18.0 Å². The first kappa shape index (κ1) is 24.1. The molecule has 2 N–H and O–H groups in total. The predicted octanol–water partition coefficient (Wildman–Crippen LogP) is 2.85. The first-order valence-corrected chi connectivity index (χ1v) is 12.5. The molecule has 0 saturated heterocycles. The maximum absolute atomic E-state index is 13.3. The molecule has 34 heavy (non-hydrogen) atoms. The van der Waals surface area contributed by atoms with E-state index in [0.717, 1.165) is 23.2 Å². The van der Waals surface area contributed by atoms with Gasteiger partial charge in [-0.25, -0.2) is 17.8 Å². The van der Waals surface area contributed by atoms with Gasteiger partial charge >= 0.3 is 0 Å². The summed E-state index contributed by atoms with van der Waals surface area (Å²) in [7, 11) is -3.86. The third kappa shape index (κ3) is 5.35. The van der Waals surface area contributed by atoms with E-state index in [1.165, 1.54) is 25.3 Å². The van der Waals surface area contributed by atoms with Crippen molar-refractivity contribution in [2.45, 2.75) is 49.6 Å². The van der Waals surface area contributed by atoms with Crippen LogP contribution in [0.3, 0.4) is 0 Å². The molecule has 0 radical (unpaired) electrons. The van der Waals surface area contributed by atoms with Gasteiger partial charge in [0.2, 0.25) is 15.9 Å². The zero-order valence-electron chi connectivity index (χ0n) is 18.7. The van der Waals surface area contributed by atoms with Crippen LogP contribution < -0.4 is 15.6 Å². The summed E-state index contributed by atoms with van der Waals surface area (Å²) in [6.45, 7) is 3.21. The topological polar surface area (TPSA) is 123 Å². The van der Waals surface area contributed by atoms with Crippen LogP contribution in [0.1, 0.15) is 37.1 Å². The number of anilines is 1. The molecule has 0 bridgehead atoms. The van der Waals surface area contributed by atoms with Crippen molar-refractivity contribution in [1.29, 1.82) is 0 Å². The lowest BCUT2D eigenvalue weighted by Crippen LogP contribution is -2.39. The maximum Gasteiger partial charge on any atom is 0.268 e. The number of nitrogens with one attached hydrogen (secondary N) is 2. The maximum atomic E-state index is 13.3. The molecule has 1 aliphatic rings. The van der Waals surface area contributed by atoms with Crippen molar-refractivity contribution in [3.63, 3.8) is 0 Å². The van der Waals surface area contributed by atoms with Crippen molar-refractivity contribution < 1.29 is 13.2 Å². The first-order chi connectivity index (χ1) is 16.1. The zero-order valence-corrected chi connectivity index (χ0v) is 20.2. The van der Waals surface area contributed by atoms with Crippen molar-refractivity contribution in [2.24, 2.45) is 0 Å². The van der Waals surface area contributed by atoms with Gasteiger partial charge in [0, 0.05) is 35.6 Å². The quantitative estimate of drug-likeness (QED) is 0.489. The summed E-state index contributed by atoms with van der Waals surface area (Å²) in [5.41, 5.74) is 0.575. The molecular formula is C23H24ClN5O4S. The average Bonchev–Trinajstić information content (AvgIpc) is 3.53. The molecule has 3 aromatic rings. The highest BCUT2D eigenvalue weighted by Crippen LogP contribution is 2.40. The number of sulfonamides is 1. The minimum absolute atomic E-state index is 0.0760. The number of amides is 1. The van der Waals surface area contributed by atoms with Crippen LogP contribution in [-0.4, -0.2) is 34.6 Å². The second-order valence-corrected chi connectivity index (χ2v) is 10.6. The van der Waals surface area contributed by atoms with Gasteiger partial charge in [0.05, 0.1) is 16.1 Å². The highest BCUT2D eigenvalue weighted by Gasteiger charge is 2.46. The highest BCUT2D eigenvalue weighted by atomic mass is 35.5. The molecule has 2 heterocycles. The minimum Gasteiger partial charge on any atom is -0.324 e. The van der Waals surface area contributed by atoms with Gasteiger partial charge < -0.3 is 5.32 Å².